The van der Waals surface area contributed by atoms with Crippen LogP contribution in [-0.2, 0) is 16.6 Å². The Morgan fingerprint density at radius 1 is 1.21 bits per heavy atom. The summed E-state index contributed by atoms with van der Waals surface area (Å²) in [4.78, 5) is 20.5. The topological polar surface area (TPSA) is 82.6 Å². The molecule has 2 heterocycles. The third-order valence-corrected chi connectivity index (χ3v) is 6.69. The highest BCUT2D eigenvalue weighted by molar-refractivity contribution is 7.90. The molecule has 1 saturated heterocycles. The Labute approximate surface area is 166 Å². The van der Waals surface area contributed by atoms with E-state index >= 15 is 0 Å². The molecule has 1 aromatic heterocycles. The second-order valence-corrected chi connectivity index (χ2v) is 9.17. The van der Waals surface area contributed by atoms with Crippen molar-refractivity contribution < 1.29 is 13.2 Å². The maximum absolute atomic E-state index is 12.9. The number of hydrogen-bond acceptors (Lipinski definition) is 5. The van der Waals surface area contributed by atoms with Crippen LogP contribution < -0.4 is 9.62 Å². The van der Waals surface area contributed by atoms with Crippen LogP contribution in [0.15, 0.2) is 48.7 Å². The third kappa shape index (κ3) is 4.69. The van der Waals surface area contributed by atoms with Crippen LogP contribution >= 0.6 is 0 Å². The van der Waals surface area contributed by atoms with Crippen molar-refractivity contribution in [2.45, 2.75) is 24.6 Å². The van der Waals surface area contributed by atoms with Crippen LogP contribution in [0.1, 0.15) is 28.8 Å². The molecule has 1 aliphatic rings. The molecule has 1 amide bonds. The summed E-state index contributed by atoms with van der Waals surface area (Å²) in [7, 11) is 0.176. The van der Waals surface area contributed by atoms with E-state index in [0.717, 1.165) is 11.4 Å². The van der Waals surface area contributed by atoms with E-state index in [1.165, 1.54) is 0 Å². The molecule has 3 rings (SSSR count). The largest absolute Gasteiger partial charge is 0.362 e. The van der Waals surface area contributed by atoms with Gasteiger partial charge in [0, 0.05) is 51.1 Å². The fourth-order valence-electron chi connectivity index (χ4n) is 3.41. The highest BCUT2D eigenvalue weighted by Gasteiger charge is 2.33. The number of benzene rings is 1. The Morgan fingerprint density at radius 3 is 2.68 bits per heavy atom. The van der Waals surface area contributed by atoms with E-state index in [9.17, 15) is 13.2 Å². The number of rotatable bonds is 6. The van der Waals surface area contributed by atoms with Crippen LogP contribution in [-0.4, -0.2) is 56.6 Å². The van der Waals surface area contributed by atoms with Crippen molar-refractivity contribution >= 4 is 21.7 Å². The zero-order chi connectivity index (χ0) is 20.1. The molecule has 0 unspecified atom stereocenters. The maximum Gasteiger partial charge on any atom is 0.253 e. The summed E-state index contributed by atoms with van der Waals surface area (Å²) < 4.78 is 28.4. The first-order chi connectivity index (χ1) is 13.4. The number of piperidine rings is 1. The molecule has 0 radical (unpaired) electrons. The fraction of sp³-hybridized carbons (Fsp3) is 0.400. The van der Waals surface area contributed by atoms with Crippen molar-refractivity contribution in [3.8, 4) is 0 Å². The van der Waals surface area contributed by atoms with E-state index in [1.807, 2.05) is 43.3 Å². The number of carbonyl (C=O) groups excluding carboxylic acids is 1. The zero-order valence-corrected chi connectivity index (χ0v) is 17.0. The van der Waals surface area contributed by atoms with Gasteiger partial charge in [0.15, 0.2) is 0 Å². The van der Waals surface area contributed by atoms with Gasteiger partial charge in [-0.05, 0) is 31.0 Å². The van der Waals surface area contributed by atoms with Gasteiger partial charge in [-0.1, -0.05) is 24.3 Å². The summed E-state index contributed by atoms with van der Waals surface area (Å²) in [5.41, 5.74) is 1.39. The molecule has 1 fully saturated rings. The Hall–Kier alpha value is -2.45. The van der Waals surface area contributed by atoms with Crippen LogP contribution in [0.25, 0.3) is 0 Å². The number of nitrogens with one attached hydrogen (secondary N) is 1. The average molecular weight is 403 g/mol. The van der Waals surface area contributed by atoms with Crippen LogP contribution in [0.4, 0.5) is 5.82 Å². The predicted octanol–water partition coefficient (Wildman–Crippen LogP) is 1.87. The second-order valence-electron chi connectivity index (χ2n) is 7.13. The summed E-state index contributed by atoms with van der Waals surface area (Å²) in [6, 6.07) is 12.6. The maximum atomic E-state index is 12.9. The summed E-state index contributed by atoms with van der Waals surface area (Å²) >= 11 is 0. The van der Waals surface area contributed by atoms with Crippen molar-refractivity contribution in [2.75, 3.05) is 32.1 Å². The van der Waals surface area contributed by atoms with Gasteiger partial charge in [0.05, 0.1) is 5.25 Å². The number of aromatic nitrogens is 1. The van der Waals surface area contributed by atoms with Gasteiger partial charge in [0.25, 0.3) is 5.91 Å². The summed E-state index contributed by atoms with van der Waals surface area (Å²) in [5, 5.41) is -0.617. The van der Waals surface area contributed by atoms with Crippen molar-refractivity contribution in [2.24, 2.45) is 0 Å². The average Bonchev–Trinajstić information content (AvgIpc) is 2.72. The molecular formula is C20H26N4O3S. The van der Waals surface area contributed by atoms with Gasteiger partial charge in [-0.15, -0.1) is 0 Å². The minimum atomic E-state index is -3.56. The molecular weight excluding hydrogens is 376 g/mol. The summed E-state index contributed by atoms with van der Waals surface area (Å²) in [6.07, 6.45) is 2.89. The van der Waals surface area contributed by atoms with E-state index in [1.54, 1.807) is 29.3 Å². The SMILES string of the molecule is CN(C)c1ncccc1CNS(=O)(=O)[C@H]1CCCN(C(=O)c2ccccc2)C1. The fourth-order valence-corrected chi connectivity index (χ4v) is 4.85. The third-order valence-electron chi connectivity index (χ3n) is 4.88. The molecule has 2 aromatic rings. The number of sulfonamides is 1. The van der Waals surface area contributed by atoms with E-state index in [0.29, 0.717) is 24.9 Å². The number of likely N-dealkylation sites (tertiary alicyclic amines) is 1. The van der Waals surface area contributed by atoms with Gasteiger partial charge in [-0.3, -0.25) is 4.79 Å². The summed E-state index contributed by atoms with van der Waals surface area (Å²) in [6.45, 7) is 0.955. The molecule has 0 aliphatic carbocycles. The van der Waals surface area contributed by atoms with Crippen LogP contribution in [0, 0.1) is 0 Å². The van der Waals surface area contributed by atoms with Gasteiger partial charge in [-0.2, -0.15) is 0 Å². The zero-order valence-electron chi connectivity index (χ0n) is 16.2. The molecule has 1 N–H and O–H groups in total. The molecule has 8 heteroatoms. The quantitative estimate of drug-likeness (QED) is 0.798. The standard InChI is InChI=1S/C20H26N4O3S/c1-23(2)19-17(10-6-12-21-19)14-22-28(26,27)18-11-7-13-24(15-18)20(25)16-8-4-3-5-9-16/h3-6,8-10,12,18,22H,7,11,13-15H2,1-2H3/t18-/m0/s1. The van der Waals surface area contributed by atoms with Crippen molar-refractivity contribution in [1.82, 2.24) is 14.6 Å². The van der Waals surface area contributed by atoms with Gasteiger partial charge < -0.3 is 9.80 Å². The molecule has 1 atom stereocenters. The van der Waals surface area contributed by atoms with E-state index < -0.39 is 15.3 Å². The van der Waals surface area contributed by atoms with Crippen LogP contribution in [0.3, 0.4) is 0 Å². The number of nitrogens with zero attached hydrogens (tertiary/aromatic N) is 3. The first-order valence-corrected chi connectivity index (χ1v) is 10.9. The Morgan fingerprint density at radius 2 is 1.96 bits per heavy atom. The van der Waals surface area contributed by atoms with Crippen molar-refractivity contribution in [1.29, 1.82) is 0 Å². The van der Waals surface area contributed by atoms with Gasteiger partial charge in [-0.25, -0.2) is 18.1 Å². The highest BCUT2D eigenvalue weighted by Crippen LogP contribution is 2.20. The Bertz CT molecular complexity index is 916. The lowest BCUT2D eigenvalue weighted by Gasteiger charge is -2.32. The predicted molar refractivity (Wildman–Crippen MR) is 110 cm³/mol. The van der Waals surface area contributed by atoms with Gasteiger partial charge in [0.2, 0.25) is 10.0 Å². The van der Waals surface area contributed by atoms with E-state index in [4.69, 9.17) is 0 Å². The molecule has 7 nitrogen and oxygen atoms in total. The molecule has 150 valence electrons. The number of carbonyl (C=O) groups is 1. The molecule has 1 aliphatic heterocycles. The Kier molecular flexibility index (Phi) is 6.31. The first kappa shape index (κ1) is 20.3. The number of hydrogen-bond donors (Lipinski definition) is 1. The van der Waals surface area contributed by atoms with Crippen molar-refractivity contribution in [3.05, 3.63) is 59.8 Å². The van der Waals surface area contributed by atoms with Crippen LogP contribution in [0.2, 0.25) is 0 Å². The monoisotopic (exact) mass is 402 g/mol. The summed E-state index contributed by atoms with van der Waals surface area (Å²) in [5.74, 6) is 0.609. The molecule has 0 saturated carbocycles. The lowest BCUT2D eigenvalue weighted by Crippen LogP contribution is -2.48. The van der Waals surface area contributed by atoms with Gasteiger partial charge in [0.1, 0.15) is 5.82 Å². The first-order valence-electron chi connectivity index (χ1n) is 9.32. The molecule has 0 bridgehead atoms. The van der Waals surface area contributed by atoms with E-state index in [2.05, 4.69) is 9.71 Å². The molecule has 1 aromatic carbocycles. The minimum absolute atomic E-state index is 0.123. The molecule has 28 heavy (non-hydrogen) atoms. The highest BCUT2D eigenvalue weighted by atomic mass is 32.2. The lowest BCUT2D eigenvalue weighted by molar-refractivity contribution is 0.0726. The second kappa shape index (κ2) is 8.70. The van der Waals surface area contributed by atoms with Crippen LogP contribution in [0.5, 0.6) is 0 Å². The van der Waals surface area contributed by atoms with E-state index in [-0.39, 0.29) is 19.0 Å². The van der Waals surface area contributed by atoms with Crippen molar-refractivity contribution in [3.63, 3.8) is 0 Å². The van der Waals surface area contributed by atoms with Gasteiger partial charge >= 0.3 is 0 Å². The number of amides is 1. The number of anilines is 1. The number of pyridine rings is 1. The minimum Gasteiger partial charge on any atom is -0.362 e. The molecule has 0 spiro atoms. The smallest absolute Gasteiger partial charge is 0.253 e. The lowest BCUT2D eigenvalue weighted by atomic mass is 10.1. The Balaban J connectivity index is 1.67. The normalized spacial score (nSPS) is 17.4.